The summed E-state index contributed by atoms with van der Waals surface area (Å²) in [5, 5.41) is 10.2. The average molecular weight is 1360 g/mol. The molecule has 0 aromatic rings. The van der Waals surface area contributed by atoms with Crippen LogP contribution < -0.4 is 16.0 Å². The highest BCUT2D eigenvalue weighted by atomic mass is 16.2. The third-order valence-electron chi connectivity index (χ3n) is 22.5. The Morgan fingerprint density at radius 1 is 0.216 bits per heavy atom. The molecule has 2 saturated heterocycles. The smallest absolute Gasteiger partial charge is 0.232 e. The van der Waals surface area contributed by atoms with Gasteiger partial charge >= 0.3 is 0 Å². The molecule has 2 aliphatic heterocycles. The normalized spacial score (nSPS) is 15.1. The van der Waals surface area contributed by atoms with E-state index in [0.29, 0.717) is 39.0 Å². The monoisotopic (exact) mass is 1360 g/mol. The standard InChI is InChI=1S/C88H171N5O4/c1-3-5-7-9-11-13-15-17-19-21-23-25-27-29-31-33-35-37-39-41-43-45-47-49-51-53-55-57-59-61-63-65-67-69-71-83-81-85(94)92(87(83)96)79-77-90-75-73-89-74-76-91-78-80-93-86(95)82-84(88(93)97)72-70-68-66-64-62-60-58-56-54-52-50-48-46-44-42-40-38-36-34-32-30-28-26-24-22-20-18-16-14-12-10-8-6-4-2/h83-84,89-91H,3-82H2,1-2H3. The third kappa shape index (κ3) is 59.3. The van der Waals surface area contributed by atoms with Crippen LogP contribution in [0.15, 0.2) is 0 Å². The zero-order valence-corrected chi connectivity index (χ0v) is 65.8. The maximum absolute atomic E-state index is 13.1. The van der Waals surface area contributed by atoms with Crippen molar-refractivity contribution in [2.75, 3.05) is 52.4 Å². The second-order valence-corrected chi connectivity index (χ2v) is 31.7. The second-order valence-electron chi connectivity index (χ2n) is 31.7. The molecule has 2 heterocycles. The summed E-state index contributed by atoms with van der Waals surface area (Å²) in [4.78, 5) is 54.5. The van der Waals surface area contributed by atoms with Gasteiger partial charge in [-0.15, -0.1) is 0 Å². The molecule has 9 heteroatoms. The maximum Gasteiger partial charge on any atom is 0.232 e. The molecule has 2 aliphatic rings. The predicted octanol–water partition coefficient (Wildman–Crippen LogP) is 25.9. The molecule has 0 radical (unpaired) electrons. The van der Waals surface area contributed by atoms with Gasteiger partial charge in [-0.3, -0.25) is 29.0 Å². The summed E-state index contributed by atoms with van der Waals surface area (Å²) in [6, 6.07) is 0. The van der Waals surface area contributed by atoms with Crippen molar-refractivity contribution in [3.8, 4) is 0 Å². The van der Waals surface area contributed by atoms with Crippen LogP contribution in [0.4, 0.5) is 0 Å². The minimum atomic E-state index is -0.125. The minimum absolute atomic E-state index is 0.00696. The molecular formula is C88H171N5O4. The van der Waals surface area contributed by atoms with E-state index in [1.54, 1.807) is 0 Å². The first kappa shape index (κ1) is 91.2. The van der Waals surface area contributed by atoms with E-state index in [2.05, 4.69) is 29.8 Å². The van der Waals surface area contributed by atoms with Crippen molar-refractivity contribution >= 4 is 23.6 Å². The van der Waals surface area contributed by atoms with E-state index in [4.69, 9.17) is 0 Å². The number of nitrogens with zero attached hydrogens (tertiary/aromatic N) is 2. The van der Waals surface area contributed by atoms with Crippen molar-refractivity contribution in [1.82, 2.24) is 25.8 Å². The molecule has 0 aromatic carbocycles. The van der Waals surface area contributed by atoms with Gasteiger partial charge in [0.1, 0.15) is 0 Å². The summed E-state index contributed by atoms with van der Waals surface area (Å²) in [7, 11) is 0. The summed E-state index contributed by atoms with van der Waals surface area (Å²) in [6.45, 7) is 9.83. The topological polar surface area (TPSA) is 111 Å². The molecule has 572 valence electrons. The van der Waals surface area contributed by atoms with Crippen LogP contribution in [0.5, 0.6) is 0 Å². The largest absolute Gasteiger partial charge is 0.314 e. The molecule has 2 unspecified atom stereocenters. The Balaban J connectivity index is 1.23. The summed E-state index contributed by atoms with van der Waals surface area (Å²) in [6.07, 6.45) is 98.4. The number of imide groups is 2. The number of rotatable bonds is 82. The molecule has 3 N–H and O–H groups in total. The molecule has 4 amide bonds. The van der Waals surface area contributed by atoms with Crippen molar-refractivity contribution in [2.45, 2.75) is 476 Å². The molecule has 2 fully saturated rings. The Labute approximate surface area is 605 Å². The van der Waals surface area contributed by atoms with Crippen molar-refractivity contribution in [3.63, 3.8) is 0 Å². The first-order valence-corrected chi connectivity index (χ1v) is 44.8. The molecule has 2 rings (SSSR count). The lowest BCUT2D eigenvalue weighted by atomic mass is 9.98. The van der Waals surface area contributed by atoms with Gasteiger partial charge in [-0.05, 0) is 12.8 Å². The van der Waals surface area contributed by atoms with Gasteiger partial charge in [-0.1, -0.05) is 450 Å². The summed E-state index contributed by atoms with van der Waals surface area (Å²) >= 11 is 0. The number of nitrogens with one attached hydrogen (secondary N) is 3. The lowest BCUT2D eigenvalue weighted by Crippen LogP contribution is -2.40. The Morgan fingerprint density at radius 3 is 0.526 bits per heavy atom. The van der Waals surface area contributed by atoms with Gasteiger partial charge in [0.05, 0.1) is 0 Å². The van der Waals surface area contributed by atoms with E-state index in [0.717, 1.165) is 51.9 Å². The van der Waals surface area contributed by atoms with Gasteiger partial charge in [0, 0.05) is 77.0 Å². The summed E-state index contributed by atoms with van der Waals surface area (Å²) in [5.74, 6) is -0.194. The Bertz CT molecular complexity index is 1560. The van der Waals surface area contributed by atoms with Gasteiger partial charge in [-0.2, -0.15) is 0 Å². The van der Waals surface area contributed by atoms with E-state index < -0.39 is 0 Å². The summed E-state index contributed by atoms with van der Waals surface area (Å²) < 4.78 is 0. The van der Waals surface area contributed by atoms with Crippen LogP contribution in [-0.4, -0.2) is 85.8 Å². The van der Waals surface area contributed by atoms with Crippen LogP contribution in [0.2, 0.25) is 0 Å². The van der Waals surface area contributed by atoms with Gasteiger partial charge in [0.2, 0.25) is 23.6 Å². The highest BCUT2D eigenvalue weighted by Crippen LogP contribution is 2.28. The number of unbranched alkanes of at least 4 members (excludes halogenated alkanes) is 66. The number of hydrogen-bond acceptors (Lipinski definition) is 7. The van der Waals surface area contributed by atoms with E-state index in [1.807, 2.05) is 0 Å². The van der Waals surface area contributed by atoms with E-state index in [9.17, 15) is 19.2 Å². The van der Waals surface area contributed by atoms with Crippen molar-refractivity contribution < 1.29 is 19.2 Å². The highest BCUT2D eigenvalue weighted by molar-refractivity contribution is 6.04. The van der Waals surface area contributed by atoms with E-state index >= 15 is 0 Å². The van der Waals surface area contributed by atoms with E-state index in [-0.39, 0.29) is 35.5 Å². The van der Waals surface area contributed by atoms with Crippen LogP contribution in [0.3, 0.4) is 0 Å². The number of hydrogen-bond donors (Lipinski definition) is 3. The van der Waals surface area contributed by atoms with Crippen LogP contribution in [0.25, 0.3) is 0 Å². The first-order valence-electron chi connectivity index (χ1n) is 44.8. The molecule has 0 aliphatic carbocycles. The number of likely N-dealkylation sites (tertiary alicyclic amines) is 2. The molecule has 0 bridgehead atoms. The number of amides is 4. The van der Waals surface area contributed by atoms with Gasteiger partial charge in [0.15, 0.2) is 0 Å². The lowest BCUT2D eigenvalue weighted by molar-refractivity contribution is -0.140. The first-order chi connectivity index (χ1) is 48.0. The van der Waals surface area contributed by atoms with Gasteiger partial charge in [-0.25, -0.2) is 0 Å². The quantitative estimate of drug-likeness (QED) is 0.0411. The molecular weight excluding hydrogens is 1190 g/mol. The zero-order chi connectivity index (χ0) is 69.3. The fourth-order valence-corrected chi connectivity index (χ4v) is 15.8. The number of carbonyl (C=O) groups excluding carboxylic acids is 4. The van der Waals surface area contributed by atoms with E-state index in [1.165, 1.54) is 434 Å². The fraction of sp³-hybridized carbons (Fsp3) is 0.955. The van der Waals surface area contributed by atoms with Crippen molar-refractivity contribution in [3.05, 3.63) is 0 Å². The van der Waals surface area contributed by atoms with Crippen molar-refractivity contribution in [1.29, 1.82) is 0 Å². The van der Waals surface area contributed by atoms with Crippen LogP contribution in [-0.2, 0) is 19.2 Å². The summed E-state index contributed by atoms with van der Waals surface area (Å²) in [5.41, 5.74) is 0. The molecule has 0 aromatic heterocycles. The Kier molecular flexibility index (Phi) is 69.5. The Hall–Kier alpha value is -1.84. The average Bonchev–Trinajstić information content (AvgIpc) is 1.76. The van der Waals surface area contributed by atoms with Crippen molar-refractivity contribution in [2.24, 2.45) is 11.8 Å². The lowest BCUT2D eigenvalue weighted by Gasteiger charge is -2.16. The minimum Gasteiger partial charge on any atom is -0.314 e. The maximum atomic E-state index is 13.1. The Morgan fingerprint density at radius 2 is 0.361 bits per heavy atom. The molecule has 2 atom stereocenters. The SMILES string of the molecule is CCCCCCCCCCCCCCCCCCCCCCCCCCCCCCCCCCCCC1CC(=O)N(CCNCCNCCNCCN2C(=O)CC(CCCCCCCCCCCCCCCCCCCCCCCCCCCCCCCCCCCC)C2=O)C1=O. The highest BCUT2D eigenvalue weighted by Gasteiger charge is 2.38. The molecule has 97 heavy (non-hydrogen) atoms. The predicted molar refractivity (Wildman–Crippen MR) is 423 cm³/mol. The van der Waals surface area contributed by atoms with Crippen LogP contribution in [0.1, 0.15) is 476 Å². The fourth-order valence-electron chi connectivity index (χ4n) is 15.8. The molecule has 9 nitrogen and oxygen atoms in total. The third-order valence-corrected chi connectivity index (χ3v) is 22.5. The number of carbonyl (C=O) groups is 4. The molecule has 0 spiro atoms. The van der Waals surface area contributed by atoms with Crippen LogP contribution in [0, 0.1) is 11.8 Å². The van der Waals surface area contributed by atoms with Gasteiger partial charge < -0.3 is 16.0 Å². The van der Waals surface area contributed by atoms with Gasteiger partial charge in [0.25, 0.3) is 0 Å². The second kappa shape index (κ2) is 73.9. The van der Waals surface area contributed by atoms with Crippen LogP contribution >= 0.6 is 0 Å². The zero-order valence-electron chi connectivity index (χ0n) is 65.8. The molecule has 0 saturated carbocycles.